The van der Waals surface area contributed by atoms with Crippen LogP contribution in [0.25, 0.3) is 22.2 Å². The van der Waals surface area contributed by atoms with Gasteiger partial charge in [-0.15, -0.1) is 0 Å². The van der Waals surface area contributed by atoms with Crippen LogP contribution >= 0.6 is 11.6 Å². The molecular weight excluding hydrogens is 449 g/mol. The van der Waals surface area contributed by atoms with Crippen LogP contribution in [-0.4, -0.2) is 28.7 Å². The van der Waals surface area contributed by atoms with Gasteiger partial charge in [0, 0.05) is 27.7 Å². The van der Waals surface area contributed by atoms with Gasteiger partial charge in [0.1, 0.15) is 25.6 Å². The van der Waals surface area contributed by atoms with Crippen LogP contribution in [0.5, 0.6) is 11.5 Å². The molecule has 3 aromatic carbocycles. The quantitative estimate of drug-likeness (QED) is 0.487. The van der Waals surface area contributed by atoms with Crippen molar-refractivity contribution in [2.24, 2.45) is 0 Å². The zero-order valence-corrected chi connectivity index (χ0v) is 17.9. The summed E-state index contributed by atoms with van der Waals surface area (Å²) in [4.78, 5) is 29.7. The fourth-order valence-corrected chi connectivity index (χ4v) is 3.90. The summed E-state index contributed by atoms with van der Waals surface area (Å²) in [6.45, 7) is 0.596. The van der Waals surface area contributed by atoms with Crippen molar-refractivity contribution in [1.82, 2.24) is 9.55 Å². The number of fused-ring (bicyclic) bond motifs is 2. The Labute approximate surface area is 192 Å². The van der Waals surface area contributed by atoms with Crippen molar-refractivity contribution in [3.05, 3.63) is 82.0 Å². The summed E-state index contributed by atoms with van der Waals surface area (Å²) in [6.07, 6.45) is 0. The molecule has 0 spiro atoms. The molecule has 0 radical (unpaired) electrons. The molecule has 7 nitrogen and oxygen atoms in total. The van der Waals surface area contributed by atoms with E-state index in [0.29, 0.717) is 46.3 Å². The number of halogens is 2. The van der Waals surface area contributed by atoms with Crippen LogP contribution in [0.3, 0.4) is 0 Å². The highest BCUT2D eigenvalue weighted by molar-refractivity contribution is 6.31. The molecule has 1 aliphatic rings. The highest BCUT2D eigenvalue weighted by Gasteiger charge is 2.18. The zero-order chi connectivity index (χ0) is 22.9. The monoisotopic (exact) mass is 465 g/mol. The van der Waals surface area contributed by atoms with Gasteiger partial charge in [-0.3, -0.25) is 9.36 Å². The maximum Gasteiger partial charge on any atom is 0.349 e. The molecule has 0 saturated heterocycles. The second-order valence-corrected chi connectivity index (χ2v) is 7.81. The largest absolute Gasteiger partial charge is 0.486 e. The fraction of sp³-hybridized carbons (Fsp3) is 0.125. The highest BCUT2D eigenvalue weighted by atomic mass is 35.5. The van der Waals surface area contributed by atoms with E-state index >= 15 is 0 Å². The number of nitrogens with zero attached hydrogens (tertiary/aromatic N) is 2. The fourth-order valence-electron chi connectivity index (χ4n) is 3.73. The highest BCUT2D eigenvalue weighted by Crippen LogP contribution is 2.33. The molecule has 5 rings (SSSR count). The van der Waals surface area contributed by atoms with Crippen LogP contribution < -0.4 is 20.5 Å². The van der Waals surface area contributed by atoms with E-state index in [1.807, 2.05) is 0 Å². The maximum absolute atomic E-state index is 14.4. The average Bonchev–Trinajstić information content (AvgIpc) is 2.81. The van der Waals surface area contributed by atoms with E-state index in [-0.39, 0.29) is 17.8 Å². The lowest BCUT2D eigenvalue weighted by Gasteiger charge is -2.19. The van der Waals surface area contributed by atoms with Gasteiger partial charge >= 0.3 is 5.69 Å². The minimum Gasteiger partial charge on any atom is -0.486 e. The number of rotatable bonds is 4. The first-order chi connectivity index (χ1) is 16.0. The molecule has 33 heavy (non-hydrogen) atoms. The minimum atomic E-state index is -0.680. The zero-order valence-electron chi connectivity index (χ0n) is 17.2. The van der Waals surface area contributed by atoms with Crippen molar-refractivity contribution in [3.8, 4) is 22.8 Å². The minimum absolute atomic E-state index is 0.166. The van der Waals surface area contributed by atoms with Crippen molar-refractivity contribution >= 4 is 34.1 Å². The maximum atomic E-state index is 14.4. The predicted molar refractivity (Wildman–Crippen MR) is 122 cm³/mol. The smallest absolute Gasteiger partial charge is 0.349 e. The average molecular weight is 466 g/mol. The number of aromatic nitrogens is 2. The van der Waals surface area contributed by atoms with Crippen LogP contribution in [0, 0.1) is 5.82 Å². The second kappa shape index (κ2) is 8.55. The van der Waals surface area contributed by atoms with E-state index in [1.165, 1.54) is 16.7 Å². The molecule has 0 atom stereocenters. The van der Waals surface area contributed by atoms with Crippen molar-refractivity contribution in [2.45, 2.75) is 6.54 Å². The molecule has 166 valence electrons. The Hall–Kier alpha value is -3.91. The van der Waals surface area contributed by atoms with Gasteiger partial charge in [0.15, 0.2) is 11.5 Å². The molecule has 0 saturated carbocycles. The van der Waals surface area contributed by atoms with Crippen LogP contribution in [-0.2, 0) is 11.3 Å². The van der Waals surface area contributed by atoms with Gasteiger partial charge in [0.2, 0.25) is 5.91 Å². The first-order valence-electron chi connectivity index (χ1n) is 10.1. The number of ether oxygens (including phenoxy) is 2. The van der Waals surface area contributed by atoms with Gasteiger partial charge < -0.3 is 14.8 Å². The number of hydrogen-bond acceptors (Lipinski definition) is 5. The number of amides is 1. The first-order valence-corrected chi connectivity index (χ1v) is 10.5. The molecule has 1 amide bonds. The van der Waals surface area contributed by atoms with Gasteiger partial charge in [-0.2, -0.15) is 4.98 Å². The first kappa shape index (κ1) is 21.0. The molecule has 1 N–H and O–H groups in total. The summed E-state index contributed by atoms with van der Waals surface area (Å²) in [5.41, 5.74) is 0.574. The summed E-state index contributed by atoms with van der Waals surface area (Å²) < 4.78 is 26.7. The van der Waals surface area contributed by atoms with Gasteiger partial charge in [0.05, 0.1) is 11.2 Å². The van der Waals surface area contributed by atoms with Crippen molar-refractivity contribution < 1.29 is 18.7 Å². The third kappa shape index (κ3) is 4.12. The summed E-state index contributed by atoms with van der Waals surface area (Å²) >= 11 is 6.17. The van der Waals surface area contributed by atoms with Gasteiger partial charge in [-0.1, -0.05) is 23.7 Å². The topological polar surface area (TPSA) is 82.5 Å². The van der Waals surface area contributed by atoms with Crippen LogP contribution in [0.2, 0.25) is 5.02 Å². The molecule has 9 heteroatoms. The summed E-state index contributed by atoms with van der Waals surface area (Å²) in [6, 6.07) is 15.9. The number of hydrogen-bond donors (Lipinski definition) is 1. The number of benzene rings is 3. The Kier molecular flexibility index (Phi) is 5.43. The Balaban J connectivity index is 1.50. The van der Waals surface area contributed by atoms with Crippen LogP contribution in [0.15, 0.2) is 65.5 Å². The van der Waals surface area contributed by atoms with E-state index < -0.39 is 17.4 Å². The van der Waals surface area contributed by atoms with E-state index in [4.69, 9.17) is 21.1 Å². The molecule has 1 aromatic heterocycles. The summed E-state index contributed by atoms with van der Waals surface area (Å²) in [7, 11) is 0. The van der Waals surface area contributed by atoms with E-state index in [9.17, 15) is 14.0 Å². The molecule has 0 unspecified atom stereocenters. The third-order valence-corrected chi connectivity index (χ3v) is 5.43. The molecule has 4 aromatic rings. The van der Waals surface area contributed by atoms with Crippen LogP contribution in [0.4, 0.5) is 10.1 Å². The third-order valence-electron chi connectivity index (χ3n) is 5.20. The van der Waals surface area contributed by atoms with Crippen molar-refractivity contribution in [3.63, 3.8) is 0 Å². The lowest BCUT2D eigenvalue weighted by Crippen LogP contribution is -2.30. The molecule has 1 aliphatic heterocycles. The van der Waals surface area contributed by atoms with Crippen molar-refractivity contribution in [2.75, 3.05) is 18.5 Å². The van der Waals surface area contributed by atoms with E-state index in [0.717, 1.165) is 0 Å². The number of carbonyl (C=O) groups excluding carboxylic acids is 1. The lowest BCUT2D eigenvalue weighted by molar-refractivity contribution is -0.116. The Morgan fingerprint density at radius 1 is 1.06 bits per heavy atom. The second-order valence-electron chi connectivity index (χ2n) is 7.38. The predicted octanol–water partition coefficient (Wildman–Crippen LogP) is 4.27. The Morgan fingerprint density at radius 2 is 1.85 bits per heavy atom. The van der Waals surface area contributed by atoms with Crippen LogP contribution in [0.1, 0.15) is 0 Å². The Bertz CT molecular complexity index is 1450. The molecular formula is C24H17ClFN3O4. The summed E-state index contributed by atoms with van der Waals surface area (Å²) in [5, 5.41) is 3.61. The number of nitrogens with one attached hydrogen (secondary N) is 1. The summed E-state index contributed by atoms with van der Waals surface area (Å²) in [5.74, 6) is 0.184. The SMILES string of the molecule is O=C(Cn1c(=O)nc(-c2ccccc2F)c2cc(Cl)ccc21)Nc1ccc2c(c1)OCCO2. The normalized spacial score (nSPS) is 12.5. The molecule has 0 aliphatic carbocycles. The van der Waals surface area contributed by atoms with Gasteiger partial charge in [-0.05, 0) is 42.5 Å². The standard InChI is InChI=1S/C24H17ClFN3O4/c25-14-5-7-19-17(11-14)23(16-3-1-2-4-18(16)26)28-24(31)29(19)13-22(30)27-15-6-8-20-21(12-15)33-10-9-32-20/h1-8,11-12H,9-10,13H2,(H,27,30). The number of carbonyl (C=O) groups is 1. The molecule has 0 fully saturated rings. The van der Waals surface area contributed by atoms with E-state index in [1.54, 1.807) is 48.5 Å². The van der Waals surface area contributed by atoms with Gasteiger partial charge in [-0.25, -0.2) is 9.18 Å². The Morgan fingerprint density at radius 3 is 2.67 bits per heavy atom. The molecule has 2 heterocycles. The molecule has 0 bridgehead atoms. The van der Waals surface area contributed by atoms with Gasteiger partial charge in [0.25, 0.3) is 0 Å². The number of anilines is 1. The van der Waals surface area contributed by atoms with E-state index in [2.05, 4.69) is 10.3 Å². The lowest BCUT2D eigenvalue weighted by atomic mass is 10.1. The van der Waals surface area contributed by atoms with Crippen molar-refractivity contribution in [1.29, 1.82) is 0 Å².